The van der Waals surface area contributed by atoms with E-state index < -0.39 is 5.97 Å². The fourth-order valence-electron chi connectivity index (χ4n) is 3.13. The second-order valence-corrected chi connectivity index (χ2v) is 7.58. The predicted molar refractivity (Wildman–Crippen MR) is 121 cm³/mol. The highest BCUT2D eigenvalue weighted by atomic mass is 16.5. The molecule has 5 nitrogen and oxygen atoms in total. The monoisotopic (exact) mass is 410 g/mol. The van der Waals surface area contributed by atoms with Gasteiger partial charge in [-0.2, -0.15) is 10.2 Å². The Bertz CT molecular complexity index is 755. The smallest absolute Gasteiger partial charge is 0.303 e. The van der Waals surface area contributed by atoms with E-state index in [0.717, 1.165) is 30.0 Å². The Morgan fingerprint density at radius 3 is 2.03 bits per heavy atom. The largest absolute Gasteiger partial charge is 0.494 e. The van der Waals surface area contributed by atoms with Crippen LogP contribution in [0.1, 0.15) is 70.3 Å². The number of nitrogens with zero attached hydrogens (tertiary/aromatic N) is 2. The van der Waals surface area contributed by atoms with E-state index in [1.54, 1.807) is 0 Å². The van der Waals surface area contributed by atoms with Gasteiger partial charge in [0.1, 0.15) is 5.75 Å². The Labute approximate surface area is 180 Å². The van der Waals surface area contributed by atoms with Gasteiger partial charge in [0.2, 0.25) is 0 Å². The number of ether oxygens (including phenoxy) is 1. The van der Waals surface area contributed by atoms with Gasteiger partial charge in [0.25, 0.3) is 0 Å². The lowest BCUT2D eigenvalue weighted by molar-refractivity contribution is -0.137. The number of rotatable bonds is 15. The summed E-state index contributed by atoms with van der Waals surface area (Å²) in [6.45, 7) is 2.76. The number of hydrogen-bond donors (Lipinski definition) is 1. The van der Waals surface area contributed by atoms with Crippen molar-refractivity contribution in [1.29, 1.82) is 0 Å². The van der Waals surface area contributed by atoms with Crippen LogP contribution in [0.25, 0.3) is 0 Å². The summed E-state index contributed by atoms with van der Waals surface area (Å²) in [7, 11) is 0. The Morgan fingerprint density at radius 1 is 0.800 bits per heavy atom. The zero-order valence-corrected chi connectivity index (χ0v) is 18.1. The molecule has 0 aliphatic carbocycles. The fourth-order valence-corrected chi connectivity index (χ4v) is 3.13. The van der Waals surface area contributed by atoms with Crippen LogP contribution < -0.4 is 4.74 Å². The lowest BCUT2D eigenvalue weighted by atomic mass is 10.0. The zero-order valence-electron chi connectivity index (χ0n) is 18.1. The van der Waals surface area contributed by atoms with Gasteiger partial charge in [0, 0.05) is 6.42 Å². The van der Waals surface area contributed by atoms with Crippen molar-refractivity contribution in [2.75, 3.05) is 6.61 Å². The molecule has 0 aliphatic heterocycles. The van der Waals surface area contributed by atoms with Crippen molar-refractivity contribution in [3.63, 3.8) is 0 Å². The van der Waals surface area contributed by atoms with E-state index in [2.05, 4.69) is 29.3 Å². The number of carboxylic acid groups (broad SMARTS) is 1. The molecule has 0 saturated carbocycles. The SMILES string of the molecule is CCCCCCCCc1ccc(N=Nc2ccc(OCCCCC(=O)O)cc2)cc1. The van der Waals surface area contributed by atoms with Crippen molar-refractivity contribution in [3.05, 3.63) is 54.1 Å². The van der Waals surface area contributed by atoms with Gasteiger partial charge in [-0.05, 0) is 67.6 Å². The molecule has 0 saturated heterocycles. The summed E-state index contributed by atoms with van der Waals surface area (Å²) in [5, 5.41) is 17.2. The lowest BCUT2D eigenvalue weighted by Crippen LogP contribution is -2.00. The number of azo groups is 1. The Kier molecular flexibility index (Phi) is 11.3. The highest BCUT2D eigenvalue weighted by Gasteiger charge is 1.99. The lowest BCUT2D eigenvalue weighted by Gasteiger charge is -2.05. The van der Waals surface area contributed by atoms with Crippen LogP contribution in [0.5, 0.6) is 5.75 Å². The molecule has 0 fully saturated rings. The molecule has 0 spiro atoms. The van der Waals surface area contributed by atoms with Crippen LogP contribution in [0.4, 0.5) is 11.4 Å². The highest BCUT2D eigenvalue weighted by molar-refractivity contribution is 5.66. The molecule has 0 aliphatic rings. The molecular formula is C25H34N2O3. The first-order valence-corrected chi connectivity index (χ1v) is 11.1. The third kappa shape index (κ3) is 10.2. The molecule has 2 rings (SSSR count). The summed E-state index contributed by atoms with van der Waals surface area (Å²) >= 11 is 0. The minimum Gasteiger partial charge on any atom is -0.494 e. The first kappa shape index (κ1) is 23.6. The molecule has 5 heteroatoms. The van der Waals surface area contributed by atoms with Crippen molar-refractivity contribution in [2.45, 2.75) is 71.1 Å². The molecule has 162 valence electrons. The summed E-state index contributed by atoms with van der Waals surface area (Å²) in [5.74, 6) is -0.0134. The van der Waals surface area contributed by atoms with Gasteiger partial charge in [-0.1, -0.05) is 51.2 Å². The van der Waals surface area contributed by atoms with Crippen LogP contribution in [0.3, 0.4) is 0 Å². The van der Waals surface area contributed by atoms with Crippen LogP contribution >= 0.6 is 0 Å². The van der Waals surface area contributed by atoms with Gasteiger partial charge < -0.3 is 9.84 Å². The molecule has 0 radical (unpaired) electrons. The van der Waals surface area contributed by atoms with E-state index in [-0.39, 0.29) is 6.42 Å². The van der Waals surface area contributed by atoms with Gasteiger partial charge in [0.15, 0.2) is 0 Å². The third-order valence-electron chi connectivity index (χ3n) is 4.93. The summed E-state index contributed by atoms with van der Waals surface area (Å²) in [4.78, 5) is 10.5. The second kappa shape index (κ2) is 14.3. The van der Waals surface area contributed by atoms with Crippen molar-refractivity contribution in [2.24, 2.45) is 10.2 Å². The van der Waals surface area contributed by atoms with Crippen LogP contribution in [0.2, 0.25) is 0 Å². The normalized spacial score (nSPS) is 11.1. The summed E-state index contributed by atoms with van der Waals surface area (Å²) in [5.41, 5.74) is 2.97. The number of unbranched alkanes of at least 4 members (excludes halogenated alkanes) is 6. The van der Waals surface area contributed by atoms with Crippen molar-refractivity contribution in [1.82, 2.24) is 0 Å². The molecule has 30 heavy (non-hydrogen) atoms. The van der Waals surface area contributed by atoms with Crippen LogP contribution in [-0.4, -0.2) is 17.7 Å². The van der Waals surface area contributed by atoms with E-state index in [1.807, 2.05) is 36.4 Å². The predicted octanol–water partition coefficient (Wildman–Crippen LogP) is 7.64. The molecule has 0 amide bonds. The number of hydrogen-bond acceptors (Lipinski definition) is 4. The van der Waals surface area contributed by atoms with E-state index >= 15 is 0 Å². The molecule has 0 bridgehead atoms. The molecule has 0 heterocycles. The number of benzene rings is 2. The van der Waals surface area contributed by atoms with Crippen LogP contribution in [0.15, 0.2) is 58.8 Å². The van der Waals surface area contributed by atoms with E-state index in [9.17, 15) is 4.79 Å². The van der Waals surface area contributed by atoms with Crippen molar-refractivity contribution >= 4 is 17.3 Å². The molecular weight excluding hydrogens is 376 g/mol. The molecule has 0 atom stereocenters. The van der Waals surface area contributed by atoms with Crippen molar-refractivity contribution in [3.8, 4) is 5.75 Å². The maximum Gasteiger partial charge on any atom is 0.303 e. The number of aliphatic carboxylic acids is 1. The molecule has 2 aromatic carbocycles. The third-order valence-corrected chi connectivity index (χ3v) is 4.93. The molecule has 1 N–H and O–H groups in total. The maximum atomic E-state index is 10.5. The van der Waals surface area contributed by atoms with Gasteiger partial charge in [0.05, 0.1) is 18.0 Å². The van der Waals surface area contributed by atoms with E-state index in [4.69, 9.17) is 9.84 Å². The molecule has 0 unspecified atom stereocenters. The second-order valence-electron chi connectivity index (χ2n) is 7.58. The van der Waals surface area contributed by atoms with Crippen LogP contribution in [-0.2, 0) is 11.2 Å². The van der Waals surface area contributed by atoms with Gasteiger partial charge in [-0.25, -0.2) is 0 Å². The average molecular weight is 411 g/mol. The van der Waals surface area contributed by atoms with Crippen molar-refractivity contribution < 1.29 is 14.6 Å². The topological polar surface area (TPSA) is 71.2 Å². The average Bonchev–Trinajstić information content (AvgIpc) is 2.76. The molecule has 0 aromatic heterocycles. The minimum atomic E-state index is -0.767. The first-order valence-electron chi connectivity index (χ1n) is 11.1. The number of carbonyl (C=O) groups is 1. The first-order chi connectivity index (χ1) is 14.7. The van der Waals surface area contributed by atoms with Crippen LogP contribution in [0, 0.1) is 0 Å². The molecule has 2 aromatic rings. The van der Waals surface area contributed by atoms with E-state index in [1.165, 1.54) is 44.1 Å². The number of carboxylic acids is 1. The maximum absolute atomic E-state index is 10.5. The standard InChI is InChI=1S/C25H34N2O3/c1-2-3-4-5-6-7-10-21-12-14-22(15-13-21)26-27-23-16-18-24(19-17-23)30-20-9-8-11-25(28)29/h12-19H,2-11,20H2,1H3,(H,28,29). The highest BCUT2D eigenvalue weighted by Crippen LogP contribution is 2.22. The Balaban J connectivity index is 1.70. The Hall–Kier alpha value is -2.69. The number of aryl methyl sites for hydroxylation is 1. The quantitative estimate of drug-likeness (QED) is 0.242. The van der Waals surface area contributed by atoms with Gasteiger partial charge in [-0.3, -0.25) is 4.79 Å². The van der Waals surface area contributed by atoms with E-state index in [0.29, 0.717) is 13.0 Å². The minimum absolute atomic E-state index is 0.183. The zero-order chi connectivity index (χ0) is 21.4. The Morgan fingerprint density at radius 2 is 1.40 bits per heavy atom. The van der Waals surface area contributed by atoms with Gasteiger partial charge in [-0.15, -0.1) is 0 Å². The summed E-state index contributed by atoms with van der Waals surface area (Å²) < 4.78 is 5.61. The summed E-state index contributed by atoms with van der Waals surface area (Å²) in [6, 6.07) is 15.8. The van der Waals surface area contributed by atoms with Gasteiger partial charge >= 0.3 is 5.97 Å². The summed E-state index contributed by atoms with van der Waals surface area (Å²) in [6.07, 6.45) is 10.6. The fraction of sp³-hybridized carbons (Fsp3) is 0.480.